The minimum Gasteiger partial charge on any atom is -0.466 e. The van der Waals surface area contributed by atoms with Gasteiger partial charge in [-0.1, -0.05) is 42.1 Å². The summed E-state index contributed by atoms with van der Waals surface area (Å²) in [7, 11) is 0. The molecule has 1 aromatic carbocycles. The van der Waals surface area contributed by atoms with E-state index in [1.807, 2.05) is 18.2 Å². The minimum absolute atomic E-state index is 0.0587. The van der Waals surface area contributed by atoms with Crippen LogP contribution in [-0.4, -0.2) is 23.4 Å². The molecule has 0 aromatic heterocycles. The van der Waals surface area contributed by atoms with Crippen LogP contribution in [0.2, 0.25) is 0 Å². The minimum atomic E-state index is -0.278. The molecule has 3 nitrogen and oxygen atoms in total. The van der Waals surface area contributed by atoms with E-state index in [1.54, 1.807) is 12.1 Å². The van der Waals surface area contributed by atoms with Crippen molar-refractivity contribution in [2.75, 3.05) is 12.4 Å². The standard InChI is InChI=1S/C12H14O3S/c1-10(13)15-8-5-9-16-12(14)11-6-3-2-4-7-11/h2-4,6-7H,5,8-9H2,1H3. The maximum absolute atomic E-state index is 11.6. The van der Waals surface area contributed by atoms with Crippen LogP contribution in [0.4, 0.5) is 0 Å². The van der Waals surface area contributed by atoms with Crippen LogP contribution >= 0.6 is 11.8 Å². The Kier molecular flexibility index (Phi) is 5.64. The summed E-state index contributed by atoms with van der Waals surface area (Å²) >= 11 is 1.25. The molecule has 0 bridgehead atoms. The molecule has 0 amide bonds. The van der Waals surface area contributed by atoms with E-state index < -0.39 is 0 Å². The first-order valence-electron chi connectivity index (χ1n) is 5.05. The predicted molar refractivity (Wildman–Crippen MR) is 64.5 cm³/mol. The Labute approximate surface area is 99.2 Å². The zero-order chi connectivity index (χ0) is 11.8. The summed E-state index contributed by atoms with van der Waals surface area (Å²) in [5, 5.41) is 0.0587. The van der Waals surface area contributed by atoms with Gasteiger partial charge < -0.3 is 4.74 Å². The lowest BCUT2D eigenvalue weighted by Crippen LogP contribution is -2.02. The molecule has 4 heteroatoms. The van der Waals surface area contributed by atoms with Crippen LogP contribution < -0.4 is 0 Å². The smallest absolute Gasteiger partial charge is 0.302 e. The molecule has 16 heavy (non-hydrogen) atoms. The molecule has 0 unspecified atom stereocenters. The molecule has 1 rings (SSSR count). The van der Waals surface area contributed by atoms with Crippen molar-refractivity contribution in [3.05, 3.63) is 35.9 Å². The van der Waals surface area contributed by atoms with Crippen LogP contribution in [0.25, 0.3) is 0 Å². The average Bonchev–Trinajstić information content (AvgIpc) is 2.29. The van der Waals surface area contributed by atoms with Gasteiger partial charge in [-0.15, -0.1) is 0 Å². The van der Waals surface area contributed by atoms with Crippen molar-refractivity contribution in [1.29, 1.82) is 0 Å². The lowest BCUT2D eigenvalue weighted by Gasteiger charge is -2.01. The predicted octanol–water partition coefficient (Wildman–Crippen LogP) is 2.51. The number of hydrogen-bond donors (Lipinski definition) is 0. The van der Waals surface area contributed by atoms with Crippen LogP contribution in [0.3, 0.4) is 0 Å². The Morgan fingerprint density at radius 2 is 1.94 bits per heavy atom. The zero-order valence-electron chi connectivity index (χ0n) is 9.14. The summed E-state index contributed by atoms with van der Waals surface area (Å²) < 4.78 is 4.77. The van der Waals surface area contributed by atoms with E-state index in [0.717, 1.165) is 0 Å². The third-order valence-electron chi connectivity index (χ3n) is 1.84. The van der Waals surface area contributed by atoms with Crippen LogP contribution in [0, 0.1) is 0 Å². The first-order chi connectivity index (χ1) is 7.70. The number of esters is 1. The largest absolute Gasteiger partial charge is 0.466 e. The second-order valence-electron chi connectivity index (χ2n) is 3.20. The average molecular weight is 238 g/mol. The Bertz CT molecular complexity index is 349. The number of ether oxygens (including phenoxy) is 1. The maximum atomic E-state index is 11.6. The van der Waals surface area contributed by atoms with Crippen molar-refractivity contribution in [3.63, 3.8) is 0 Å². The first-order valence-corrected chi connectivity index (χ1v) is 6.04. The Hall–Kier alpha value is -1.29. The molecule has 0 aliphatic carbocycles. The molecule has 0 radical (unpaired) electrons. The van der Waals surface area contributed by atoms with E-state index in [1.165, 1.54) is 18.7 Å². The van der Waals surface area contributed by atoms with Gasteiger partial charge in [0, 0.05) is 18.2 Å². The third kappa shape index (κ3) is 4.98. The van der Waals surface area contributed by atoms with Crippen LogP contribution in [-0.2, 0) is 9.53 Å². The van der Waals surface area contributed by atoms with Crippen molar-refractivity contribution in [2.45, 2.75) is 13.3 Å². The highest BCUT2D eigenvalue weighted by molar-refractivity contribution is 8.14. The molecule has 0 aliphatic rings. The van der Waals surface area contributed by atoms with Crippen molar-refractivity contribution in [2.24, 2.45) is 0 Å². The SMILES string of the molecule is CC(=O)OCCCSC(=O)c1ccccc1. The van der Waals surface area contributed by atoms with E-state index in [9.17, 15) is 9.59 Å². The lowest BCUT2D eigenvalue weighted by molar-refractivity contribution is -0.140. The fourth-order valence-corrected chi connectivity index (χ4v) is 1.85. The molecule has 0 fully saturated rings. The highest BCUT2D eigenvalue weighted by Crippen LogP contribution is 2.12. The third-order valence-corrected chi connectivity index (χ3v) is 2.83. The summed E-state index contributed by atoms with van der Waals surface area (Å²) in [6.07, 6.45) is 0.697. The summed E-state index contributed by atoms with van der Waals surface area (Å²) in [4.78, 5) is 22.1. The molecule has 0 spiro atoms. The first kappa shape index (κ1) is 12.8. The van der Waals surface area contributed by atoms with Gasteiger partial charge in [-0.25, -0.2) is 0 Å². The van der Waals surface area contributed by atoms with Crippen LogP contribution in [0.15, 0.2) is 30.3 Å². The number of benzene rings is 1. The molecule has 86 valence electrons. The highest BCUT2D eigenvalue weighted by Gasteiger charge is 2.04. The van der Waals surface area contributed by atoms with Gasteiger partial charge in [0.2, 0.25) is 5.12 Å². The summed E-state index contributed by atoms with van der Waals surface area (Å²) in [5.74, 6) is 0.389. The molecule has 0 N–H and O–H groups in total. The number of thioether (sulfide) groups is 1. The van der Waals surface area contributed by atoms with Crippen LogP contribution in [0.1, 0.15) is 23.7 Å². The van der Waals surface area contributed by atoms with E-state index in [0.29, 0.717) is 24.3 Å². The van der Waals surface area contributed by atoms with Gasteiger partial charge in [0.05, 0.1) is 6.61 Å². The number of hydrogen-bond acceptors (Lipinski definition) is 4. The van der Waals surface area contributed by atoms with Gasteiger partial charge in [0.1, 0.15) is 0 Å². The van der Waals surface area contributed by atoms with Crippen molar-refractivity contribution in [1.82, 2.24) is 0 Å². The topological polar surface area (TPSA) is 43.4 Å². The molecule has 0 atom stereocenters. The quantitative estimate of drug-likeness (QED) is 0.584. The zero-order valence-corrected chi connectivity index (χ0v) is 9.96. The maximum Gasteiger partial charge on any atom is 0.302 e. The normalized spacial score (nSPS) is 9.81. The number of carbonyl (C=O) groups is 2. The van der Waals surface area contributed by atoms with Gasteiger partial charge in [-0.2, -0.15) is 0 Å². The Morgan fingerprint density at radius 1 is 1.25 bits per heavy atom. The molecular weight excluding hydrogens is 224 g/mol. The van der Waals surface area contributed by atoms with Gasteiger partial charge >= 0.3 is 5.97 Å². The van der Waals surface area contributed by atoms with Crippen molar-refractivity contribution in [3.8, 4) is 0 Å². The van der Waals surface area contributed by atoms with E-state index in [4.69, 9.17) is 4.74 Å². The van der Waals surface area contributed by atoms with E-state index in [2.05, 4.69) is 0 Å². The van der Waals surface area contributed by atoms with Crippen molar-refractivity contribution < 1.29 is 14.3 Å². The molecule has 0 saturated carbocycles. The van der Waals surface area contributed by atoms with E-state index >= 15 is 0 Å². The molecule has 0 aliphatic heterocycles. The van der Waals surface area contributed by atoms with Gasteiger partial charge in [-0.05, 0) is 6.42 Å². The van der Waals surface area contributed by atoms with Crippen LogP contribution in [0.5, 0.6) is 0 Å². The second kappa shape index (κ2) is 7.06. The summed E-state index contributed by atoms with van der Waals surface area (Å²) in [6, 6.07) is 9.14. The Balaban J connectivity index is 2.19. The lowest BCUT2D eigenvalue weighted by atomic mass is 10.2. The monoisotopic (exact) mass is 238 g/mol. The summed E-state index contributed by atoms with van der Waals surface area (Å²) in [6.45, 7) is 1.76. The van der Waals surface area contributed by atoms with Gasteiger partial charge in [0.15, 0.2) is 0 Å². The van der Waals surface area contributed by atoms with Crippen molar-refractivity contribution >= 4 is 22.8 Å². The number of rotatable bonds is 5. The molecular formula is C12H14O3S. The Morgan fingerprint density at radius 3 is 2.56 bits per heavy atom. The fraction of sp³-hybridized carbons (Fsp3) is 0.333. The van der Waals surface area contributed by atoms with Gasteiger partial charge in [-0.3, -0.25) is 9.59 Å². The fourth-order valence-electron chi connectivity index (χ4n) is 1.10. The molecule has 0 saturated heterocycles. The van der Waals surface area contributed by atoms with E-state index in [-0.39, 0.29) is 11.1 Å². The van der Waals surface area contributed by atoms with Gasteiger partial charge in [0.25, 0.3) is 0 Å². The summed E-state index contributed by atoms with van der Waals surface area (Å²) in [5.41, 5.74) is 0.708. The number of carbonyl (C=O) groups excluding carboxylic acids is 2. The highest BCUT2D eigenvalue weighted by atomic mass is 32.2. The molecule has 0 heterocycles. The second-order valence-corrected chi connectivity index (χ2v) is 4.26. The molecule has 1 aromatic rings.